The highest BCUT2D eigenvalue weighted by Crippen LogP contribution is 2.09. The number of carboxylic acid groups (broad SMARTS) is 1. The molecule has 2 nitrogen and oxygen atoms in total. The van der Waals surface area contributed by atoms with Crippen LogP contribution in [0.3, 0.4) is 0 Å². The number of benzene rings is 1. The Balaban J connectivity index is 2.92. The van der Waals surface area contributed by atoms with Crippen molar-refractivity contribution in [1.82, 2.24) is 0 Å². The first-order chi connectivity index (χ1) is 6.24. The van der Waals surface area contributed by atoms with Crippen LogP contribution in [-0.2, 0) is 4.79 Å². The minimum Gasteiger partial charge on any atom is -0.478 e. The van der Waals surface area contributed by atoms with Crippen molar-refractivity contribution >= 4 is 12.0 Å². The molecule has 1 aromatic carbocycles. The summed E-state index contributed by atoms with van der Waals surface area (Å²) < 4.78 is 0. The van der Waals surface area contributed by atoms with E-state index in [0.717, 1.165) is 5.56 Å². The summed E-state index contributed by atoms with van der Waals surface area (Å²) in [7, 11) is 0. The van der Waals surface area contributed by atoms with Crippen LogP contribution in [0, 0.1) is 0 Å². The molecule has 2 heteroatoms. The van der Waals surface area contributed by atoms with Crippen LogP contribution in [0.5, 0.6) is 0 Å². The summed E-state index contributed by atoms with van der Waals surface area (Å²) in [5.41, 5.74) is 1.37. The first-order valence-electron chi connectivity index (χ1n) is 4.23. The van der Waals surface area contributed by atoms with E-state index in [1.54, 1.807) is 6.08 Å². The zero-order chi connectivity index (χ0) is 9.68. The maximum atomic E-state index is 10.7. The molecule has 0 aliphatic carbocycles. The van der Waals surface area contributed by atoms with Gasteiger partial charge >= 0.3 is 5.97 Å². The lowest BCUT2D eigenvalue weighted by Gasteiger charge is -1.97. The minimum absolute atomic E-state index is 0.436. The summed E-state index contributed by atoms with van der Waals surface area (Å²) in [6.07, 6.45) is 2.24. The third-order valence-corrected chi connectivity index (χ3v) is 1.80. The van der Waals surface area contributed by atoms with Gasteiger partial charge in [-0.3, -0.25) is 0 Å². The Labute approximate surface area is 77.5 Å². The number of rotatable bonds is 3. The molecule has 0 fully saturated rings. The second kappa shape index (κ2) is 4.45. The predicted molar refractivity (Wildman–Crippen MR) is 52.3 cm³/mol. The molecule has 13 heavy (non-hydrogen) atoms. The molecular weight excluding hydrogens is 164 g/mol. The van der Waals surface area contributed by atoms with Gasteiger partial charge in [0.1, 0.15) is 0 Å². The van der Waals surface area contributed by atoms with Crippen molar-refractivity contribution in [2.45, 2.75) is 13.3 Å². The predicted octanol–water partition coefficient (Wildman–Crippen LogP) is 2.56. The van der Waals surface area contributed by atoms with E-state index < -0.39 is 5.97 Å². The molecule has 0 aliphatic rings. The Bertz CT molecular complexity index is 312. The van der Waals surface area contributed by atoms with Gasteiger partial charge in [0.2, 0.25) is 0 Å². The van der Waals surface area contributed by atoms with Crippen molar-refractivity contribution in [1.29, 1.82) is 0 Å². The highest BCUT2D eigenvalue weighted by molar-refractivity contribution is 5.91. The molecule has 0 atom stereocenters. The normalized spacial score (nSPS) is 11.3. The Kier molecular flexibility index (Phi) is 3.26. The SMILES string of the molecule is CCC(=Cc1ccccc1)C(=O)O. The van der Waals surface area contributed by atoms with Crippen LogP contribution in [0.2, 0.25) is 0 Å². The molecule has 0 saturated carbocycles. The van der Waals surface area contributed by atoms with E-state index in [9.17, 15) is 4.79 Å². The Morgan fingerprint density at radius 2 is 2.00 bits per heavy atom. The summed E-state index contributed by atoms with van der Waals surface area (Å²) in [5.74, 6) is -0.841. The van der Waals surface area contributed by atoms with Gasteiger partial charge in [-0.05, 0) is 18.1 Å². The molecule has 1 aromatic rings. The topological polar surface area (TPSA) is 37.3 Å². The number of carbonyl (C=O) groups is 1. The third kappa shape index (κ3) is 2.75. The lowest BCUT2D eigenvalue weighted by molar-refractivity contribution is -0.132. The molecule has 0 radical (unpaired) electrons. The van der Waals surface area contributed by atoms with E-state index in [1.165, 1.54) is 0 Å². The zero-order valence-electron chi connectivity index (χ0n) is 7.53. The van der Waals surface area contributed by atoms with Crippen molar-refractivity contribution in [2.75, 3.05) is 0 Å². The van der Waals surface area contributed by atoms with Gasteiger partial charge in [-0.25, -0.2) is 4.79 Å². The van der Waals surface area contributed by atoms with Crippen molar-refractivity contribution in [3.05, 3.63) is 41.5 Å². The van der Waals surface area contributed by atoms with Crippen LogP contribution in [-0.4, -0.2) is 11.1 Å². The summed E-state index contributed by atoms with van der Waals surface area (Å²) in [6, 6.07) is 9.46. The van der Waals surface area contributed by atoms with E-state index in [4.69, 9.17) is 5.11 Å². The Hall–Kier alpha value is -1.57. The summed E-state index contributed by atoms with van der Waals surface area (Å²) >= 11 is 0. The van der Waals surface area contributed by atoms with Gasteiger partial charge in [-0.2, -0.15) is 0 Å². The molecule has 0 amide bonds. The van der Waals surface area contributed by atoms with E-state index in [0.29, 0.717) is 12.0 Å². The Morgan fingerprint density at radius 3 is 2.46 bits per heavy atom. The highest BCUT2D eigenvalue weighted by atomic mass is 16.4. The fourth-order valence-corrected chi connectivity index (χ4v) is 1.07. The number of carboxylic acids is 1. The lowest BCUT2D eigenvalue weighted by Crippen LogP contribution is -1.98. The van der Waals surface area contributed by atoms with Crippen molar-refractivity contribution in [2.24, 2.45) is 0 Å². The molecule has 0 spiro atoms. The van der Waals surface area contributed by atoms with Crippen molar-refractivity contribution in [3.63, 3.8) is 0 Å². The van der Waals surface area contributed by atoms with Gasteiger partial charge in [0.25, 0.3) is 0 Å². The van der Waals surface area contributed by atoms with E-state index in [2.05, 4.69) is 0 Å². The monoisotopic (exact) mass is 176 g/mol. The van der Waals surface area contributed by atoms with Crippen LogP contribution in [0.15, 0.2) is 35.9 Å². The molecule has 0 unspecified atom stereocenters. The van der Waals surface area contributed by atoms with Gasteiger partial charge in [0, 0.05) is 5.57 Å². The maximum absolute atomic E-state index is 10.7. The van der Waals surface area contributed by atoms with Gasteiger partial charge in [-0.1, -0.05) is 37.3 Å². The van der Waals surface area contributed by atoms with E-state index in [-0.39, 0.29) is 0 Å². The molecule has 0 aromatic heterocycles. The zero-order valence-corrected chi connectivity index (χ0v) is 7.53. The highest BCUT2D eigenvalue weighted by Gasteiger charge is 2.02. The quantitative estimate of drug-likeness (QED) is 0.718. The average Bonchev–Trinajstić information content (AvgIpc) is 2.15. The molecule has 1 rings (SSSR count). The van der Waals surface area contributed by atoms with Crippen LogP contribution in [0.4, 0.5) is 0 Å². The van der Waals surface area contributed by atoms with Crippen molar-refractivity contribution in [3.8, 4) is 0 Å². The maximum Gasteiger partial charge on any atom is 0.331 e. The fourth-order valence-electron chi connectivity index (χ4n) is 1.07. The smallest absolute Gasteiger partial charge is 0.331 e. The molecule has 0 aliphatic heterocycles. The molecule has 1 N–H and O–H groups in total. The van der Waals surface area contributed by atoms with Gasteiger partial charge in [-0.15, -0.1) is 0 Å². The first-order valence-corrected chi connectivity index (χ1v) is 4.23. The second-order valence-electron chi connectivity index (χ2n) is 2.74. The number of hydrogen-bond acceptors (Lipinski definition) is 1. The van der Waals surface area contributed by atoms with Gasteiger partial charge < -0.3 is 5.11 Å². The average molecular weight is 176 g/mol. The standard InChI is InChI=1S/C11H12O2/c1-2-10(11(12)13)8-9-6-4-3-5-7-9/h3-8H,2H2,1H3,(H,12,13). The molecular formula is C11H12O2. The van der Waals surface area contributed by atoms with E-state index in [1.807, 2.05) is 37.3 Å². The molecule has 68 valence electrons. The minimum atomic E-state index is -0.841. The van der Waals surface area contributed by atoms with Crippen LogP contribution in [0.1, 0.15) is 18.9 Å². The second-order valence-corrected chi connectivity index (χ2v) is 2.74. The van der Waals surface area contributed by atoms with E-state index >= 15 is 0 Å². The lowest BCUT2D eigenvalue weighted by atomic mass is 10.1. The molecule has 0 saturated heterocycles. The summed E-state index contributed by atoms with van der Waals surface area (Å²) in [5, 5.41) is 8.77. The fraction of sp³-hybridized carbons (Fsp3) is 0.182. The largest absolute Gasteiger partial charge is 0.478 e. The number of hydrogen-bond donors (Lipinski definition) is 1. The van der Waals surface area contributed by atoms with Crippen LogP contribution < -0.4 is 0 Å². The van der Waals surface area contributed by atoms with Gasteiger partial charge in [0.05, 0.1) is 0 Å². The van der Waals surface area contributed by atoms with Crippen LogP contribution >= 0.6 is 0 Å². The third-order valence-electron chi connectivity index (χ3n) is 1.80. The molecule has 0 heterocycles. The summed E-state index contributed by atoms with van der Waals surface area (Å²) in [4.78, 5) is 10.7. The summed E-state index contributed by atoms with van der Waals surface area (Å²) in [6.45, 7) is 1.84. The van der Waals surface area contributed by atoms with Crippen LogP contribution in [0.25, 0.3) is 6.08 Å². The molecule has 0 bridgehead atoms. The van der Waals surface area contributed by atoms with Gasteiger partial charge in [0.15, 0.2) is 0 Å². The Morgan fingerprint density at radius 1 is 1.38 bits per heavy atom. The number of aliphatic carboxylic acids is 1. The first kappa shape index (κ1) is 9.52. The van der Waals surface area contributed by atoms with Crippen molar-refractivity contribution < 1.29 is 9.90 Å².